The van der Waals surface area contributed by atoms with Gasteiger partial charge in [0.15, 0.2) is 0 Å². The van der Waals surface area contributed by atoms with Crippen LogP contribution >= 0.6 is 11.6 Å². The van der Waals surface area contributed by atoms with Crippen LogP contribution in [-0.4, -0.2) is 30.1 Å². The van der Waals surface area contributed by atoms with Gasteiger partial charge in [-0.2, -0.15) is 13.2 Å². The van der Waals surface area contributed by atoms with Gasteiger partial charge in [-0.15, -0.1) is 0 Å². The molecule has 1 aliphatic rings. The van der Waals surface area contributed by atoms with Crippen LogP contribution in [0.1, 0.15) is 28.8 Å². The van der Waals surface area contributed by atoms with Crippen LogP contribution in [0, 0.1) is 10.1 Å². The molecule has 0 unspecified atom stereocenters. The van der Waals surface area contributed by atoms with Crippen LogP contribution in [0.4, 0.5) is 24.5 Å². The number of hydrogen-bond acceptors (Lipinski definition) is 5. The quantitative estimate of drug-likeness (QED) is 0.495. The first kappa shape index (κ1) is 21.8. The van der Waals surface area contributed by atoms with E-state index in [2.05, 4.69) is 5.32 Å². The summed E-state index contributed by atoms with van der Waals surface area (Å²) in [6.07, 6.45) is -3.20. The van der Waals surface area contributed by atoms with E-state index < -0.39 is 28.3 Å². The van der Waals surface area contributed by atoms with Crippen LogP contribution < -0.4 is 10.1 Å². The molecular formula is C19H16ClF3N2O5. The Balaban J connectivity index is 1.86. The third-order valence-electron chi connectivity index (χ3n) is 4.41. The van der Waals surface area contributed by atoms with Crippen molar-refractivity contribution in [2.45, 2.75) is 25.1 Å². The van der Waals surface area contributed by atoms with Crippen molar-refractivity contribution in [3.05, 3.63) is 62.7 Å². The van der Waals surface area contributed by atoms with E-state index in [1.807, 2.05) is 0 Å². The minimum absolute atomic E-state index is 0.0234. The Bertz CT molecular complexity index is 962. The highest BCUT2D eigenvalue weighted by Crippen LogP contribution is 2.36. The smallest absolute Gasteiger partial charge is 0.416 e. The number of anilines is 1. The fourth-order valence-electron chi connectivity index (χ4n) is 2.88. The average molecular weight is 445 g/mol. The van der Waals surface area contributed by atoms with Crippen molar-refractivity contribution in [2.24, 2.45) is 0 Å². The van der Waals surface area contributed by atoms with Crippen LogP contribution in [0.2, 0.25) is 5.02 Å². The zero-order chi connectivity index (χ0) is 21.9. The first-order valence-corrected chi connectivity index (χ1v) is 9.24. The summed E-state index contributed by atoms with van der Waals surface area (Å²) >= 11 is 5.73. The maximum Gasteiger partial charge on any atom is 0.416 e. The lowest BCUT2D eigenvalue weighted by atomic mass is 10.1. The molecule has 1 fully saturated rings. The summed E-state index contributed by atoms with van der Waals surface area (Å²) in [6.45, 7) is 0.695. The number of amides is 1. The summed E-state index contributed by atoms with van der Waals surface area (Å²) in [5.74, 6) is -0.827. The summed E-state index contributed by atoms with van der Waals surface area (Å²) in [7, 11) is 0. The number of ether oxygens (including phenoxy) is 2. The van der Waals surface area contributed by atoms with Gasteiger partial charge in [0.1, 0.15) is 17.4 Å². The summed E-state index contributed by atoms with van der Waals surface area (Å²) in [5.41, 5.74) is -1.84. The molecule has 1 aliphatic heterocycles. The Morgan fingerprint density at radius 3 is 2.70 bits per heavy atom. The van der Waals surface area contributed by atoms with Crippen LogP contribution in [0.15, 0.2) is 36.4 Å². The van der Waals surface area contributed by atoms with Gasteiger partial charge in [-0.3, -0.25) is 14.9 Å². The van der Waals surface area contributed by atoms with Gasteiger partial charge in [0.05, 0.1) is 22.3 Å². The fourth-order valence-corrected chi connectivity index (χ4v) is 3.06. The van der Waals surface area contributed by atoms with E-state index >= 15 is 0 Å². The van der Waals surface area contributed by atoms with Gasteiger partial charge in [0.25, 0.3) is 11.6 Å². The molecule has 11 heteroatoms. The Morgan fingerprint density at radius 2 is 2.07 bits per heavy atom. The van der Waals surface area contributed by atoms with Gasteiger partial charge in [0.2, 0.25) is 0 Å². The lowest BCUT2D eigenvalue weighted by molar-refractivity contribution is -0.384. The molecule has 0 aromatic heterocycles. The lowest BCUT2D eigenvalue weighted by Gasteiger charge is -2.17. The second-order valence-electron chi connectivity index (χ2n) is 6.53. The molecule has 2 aromatic rings. The molecule has 3 rings (SSSR count). The molecule has 1 atom stereocenters. The number of halogens is 4. The van der Waals surface area contributed by atoms with Gasteiger partial charge < -0.3 is 14.8 Å². The maximum atomic E-state index is 13.1. The molecule has 160 valence electrons. The maximum absolute atomic E-state index is 13.1. The summed E-state index contributed by atoms with van der Waals surface area (Å²) in [5, 5.41) is 13.2. The molecule has 1 amide bonds. The van der Waals surface area contributed by atoms with E-state index in [-0.39, 0.29) is 34.7 Å². The standard InChI is InChI=1S/C19H16ClF3N2O5/c20-14-5-3-11(8-16(14)25(27)28)18(26)24-15-9-12(19(21,22)23)4-6-17(15)30-10-13-2-1-7-29-13/h3-6,8-9,13H,1-2,7,10H2,(H,24,26)/t13-/m1/s1. The summed E-state index contributed by atoms with van der Waals surface area (Å²) in [6, 6.07) is 6.03. The molecular weight excluding hydrogens is 429 g/mol. The van der Waals surface area contributed by atoms with Crippen molar-refractivity contribution in [1.82, 2.24) is 0 Å². The van der Waals surface area contributed by atoms with Crippen molar-refractivity contribution < 1.29 is 32.4 Å². The van der Waals surface area contributed by atoms with Gasteiger partial charge in [-0.05, 0) is 43.2 Å². The number of hydrogen-bond donors (Lipinski definition) is 1. The van der Waals surface area contributed by atoms with Crippen molar-refractivity contribution in [2.75, 3.05) is 18.5 Å². The highest BCUT2D eigenvalue weighted by Gasteiger charge is 2.31. The minimum atomic E-state index is -4.63. The molecule has 0 radical (unpaired) electrons. The molecule has 1 saturated heterocycles. The van der Waals surface area contributed by atoms with E-state index in [4.69, 9.17) is 21.1 Å². The molecule has 0 spiro atoms. The van der Waals surface area contributed by atoms with Crippen LogP contribution in [-0.2, 0) is 10.9 Å². The predicted molar refractivity (Wildman–Crippen MR) is 102 cm³/mol. The first-order valence-electron chi connectivity index (χ1n) is 8.86. The Morgan fingerprint density at radius 1 is 1.30 bits per heavy atom. The van der Waals surface area contributed by atoms with Gasteiger partial charge in [0, 0.05) is 18.2 Å². The van der Waals surface area contributed by atoms with Crippen molar-refractivity contribution in [3.8, 4) is 5.75 Å². The van der Waals surface area contributed by atoms with E-state index in [0.717, 1.165) is 43.2 Å². The summed E-state index contributed by atoms with van der Waals surface area (Å²) < 4.78 is 50.3. The number of benzene rings is 2. The number of carbonyl (C=O) groups is 1. The molecule has 1 heterocycles. The Labute approximate surface area is 173 Å². The number of nitrogens with one attached hydrogen (secondary N) is 1. The second-order valence-corrected chi connectivity index (χ2v) is 6.94. The molecule has 30 heavy (non-hydrogen) atoms. The van der Waals surface area contributed by atoms with Gasteiger partial charge in [-0.25, -0.2) is 0 Å². The van der Waals surface area contributed by atoms with E-state index in [1.165, 1.54) is 6.07 Å². The topological polar surface area (TPSA) is 90.7 Å². The number of rotatable bonds is 6. The van der Waals surface area contributed by atoms with Gasteiger partial charge >= 0.3 is 6.18 Å². The van der Waals surface area contributed by atoms with Crippen molar-refractivity contribution >= 4 is 28.9 Å². The van der Waals surface area contributed by atoms with E-state index in [1.54, 1.807) is 0 Å². The van der Waals surface area contributed by atoms with Crippen LogP contribution in [0.3, 0.4) is 0 Å². The molecule has 2 aromatic carbocycles. The average Bonchev–Trinajstić information content (AvgIpc) is 3.19. The molecule has 0 aliphatic carbocycles. The monoisotopic (exact) mass is 444 g/mol. The highest BCUT2D eigenvalue weighted by molar-refractivity contribution is 6.32. The minimum Gasteiger partial charge on any atom is -0.489 e. The molecule has 0 saturated carbocycles. The van der Waals surface area contributed by atoms with E-state index in [9.17, 15) is 28.1 Å². The normalized spacial score (nSPS) is 16.3. The van der Waals surface area contributed by atoms with Gasteiger partial charge in [-0.1, -0.05) is 11.6 Å². The van der Waals surface area contributed by atoms with E-state index in [0.29, 0.717) is 6.61 Å². The van der Waals surface area contributed by atoms with Crippen molar-refractivity contribution in [3.63, 3.8) is 0 Å². The SMILES string of the molecule is O=C(Nc1cc(C(F)(F)F)ccc1OC[C@H]1CCCO1)c1ccc(Cl)c([N+](=O)[O-])c1. The number of carbonyl (C=O) groups excluding carboxylic acids is 1. The fraction of sp³-hybridized carbons (Fsp3) is 0.316. The number of nitro benzene ring substituents is 1. The predicted octanol–water partition coefficient (Wildman–Crippen LogP) is 5.08. The first-order chi connectivity index (χ1) is 14.1. The largest absolute Gasteiger partial charge is 0.489 e. The zero-order valence-electron chi connectivity index (χ0n) is 15.4. The van der Waals surface area contributed by atoms with Crippen LogP contribution in [0.25, 0.3) is 0 Å². The Kier molecular flexibility index (Phi) is 6.47. The van der Waals surface area contributed by atoms with Crippen LogP contribution in [0.5, 0.6) is 5.75 Å². The third kappa shape index (κ3) is 5.19. The number of alkyl halides is 3. The second kappa shape index (κ2) is 8.88. The molecule has 1 N–H and O–H groups in total. The molecule has 0 bridgehead atoms. The lowest BCUT2D eigenvalue weighted by Crippen LogP contribution is -2.19. The number of nitro groups is 1. The third-order valence-corrected chi connectivity index (χ3v) is 4.73. The molecule has 7 nitrogen and oxygen atoms in total. The zero-order valence-corrected chi connectivity index (χ0v) is 16.1. The highest BCUT2D eigenvalue weighted by atomic mass is 35.5. The number of nitrogens with zero attached hydrogens (tertiary/aromatic N) is 1. The summed E-state index contributed by atoms with van der Waals surface area (Å²) in [4.78, 5) is 22.8. The van der Waals surface area contributed by atoms with Crippen molar-refractivity contribution in [1.29, 1.82) is 0 Å². The Hall–Kier alpha value is -2.85.